The molecule has 0 saturated carbocycles. The zero-order valence-corrected chi connectivity index (χ0v) is 7.53. The highest BCUT2D eigenvalue weighted by molar-refractivity contribution is 5.99. The Hall–Kier alpha value is -1.59. The second-order valence-electron chi connectivity index (χ2n) is 2.04. The maximum Gasteiger partial charge on any atom is 0.359 e. The second-order valence-corrected chi connectivity index (χ2v) is 2.04. The first kappa shape index (κ1) is 11.4. The van der Waals surface area contributed by atoms with Gasteiger partial charge in [0, 0.05) is 6.92 Å². The molecule has 0 saturated heterocycles. The molecule has 0 radical (unpaired) electrons. The van der Waals surface area contributed by atoms with Crippen LogP contribution in [-0.2, 0) is 28.6 Å². The molecule has 13 heavy (non-hydrogen) atoms. The Morgan fingerprint density at radius 1 is 1.00 bits per heavy atom. The van der Waals surface area contributed by atoms with Gasteiger partial charge in [0.15, 0.2) is 0 Å². The molecular formula is C7H10O6. The normalized spacial score (nSPS) is 9.23. The molecule has 0 amide bonds. The summed E-state index contributed by atoms with van der Waals surface area (Å²) in [6, 6.07) is 0. The molecule has 0 aliphatic carbocycles. The van der Waals surface area contributed by atoms with Gasteiger partial charge in [0.2, 0.25) is 0 Å². The van der Waals surface area contributed by atoms with E-state index in [2.05, 4.69) is 14.2 Å². The van der Waals surface area contributed by atoms with Crippen molar-refractivity contribution in [1.82, 2.24) is 0 Å². The predicted octanol–water partition coefficient (Wildman–Crippen LogP) is -0.736. The fraction of sp³-hybridized carbons (Fsp3) is 0.571. The average molecular weight is 190 g/mol. The summed E-state index contributed by atoms with van der Waals surface area (Å²) in [7, 11) is 2.14. The molecular weight excluding hydrogens is 180 g/mol. The Bertz CT molecular complexity index is 205. The Labute approximate surface area is 74.8 Å². The summed E-state index contributed by atoms with van der Waals surface area (Å²) in [5, 5.41) is 0. The zero-order chi connectivity index (χ0) is 10.4. The van der Waals surface area contributed by atoms with E-state index in [-0.39, 0.29) is 0 Å². The van der Waals surface area contributed by atoms with Gasteiger partial charge in [-0.2, -0.15) is 0 Å². The molecule has 6 nitrogen and oxygen atoms in total. The quantitative estimate of drug-likeness (QED) is 0.331. The minimum Gasteiger partial charge on any atom is -0.466 e. The molecule has 0 aromatic carbocycles. The van der Waals surface area contributed by atoms with Crippen LogP contribution < -0.4 is 0 Å². The highest BCUT2D eigenvalue weighted by Gasteiger charge is 2.31. The number of rotatable bonds is 3. The van der Waals surface area contributed by atoms with Crippen LogP contribution in [0.2, 0.25) is 0 Å². The summed E-state index contributed by atoms with van der Waals surface area (Å²) in [6.07, 6.45) is -1.63. The van der Waals surface area contributed by atoms with E-state index < -0.39 is 24.0 Å². The lowest BCUT2D eigenvalue weighted by Gasteiger charge is -2.11. The lowest BCUT2D eigenvalue weighted by atomic mass is 10.3. The van der Waals surface area contributed by atoms with E-state index in [1.54, 1.807) is 0 Å². The van der Waals surface area contributed by atoms with Crippen molar-refractivity contribution in [3.63, 3.8) is 0 Å². The maximum absolute atomic E-state index is 10.8. The van der Waals surface area contributed by atoms with Crippen LogP contribution >= 0.6 is 0 Å². The van der Waals surface area contributed by atoms with Crippen molar-refractivity contribution in [1.29, 1.82) is 0 Å². The summed E-state index contributed by atoms with van der Waals surface area (Å²) in [5.41, 5.74) is 0. The van der Waals surface area contributed by atoms with Crippen LogP contribution in [-0.4, -0.2) is 38.2 Å². The van der Waals surface area contributed by atoms with Crippen molar-refractivity contribution < 1.29 is 28.6 Å². The third-order valence-electron chi connectivity index (χ3n) is 1.11. The molecule has 0 spiro atoms. The molecule has 0 N–H and O–H groups in total. The molecule has 0 aromatic rings. The van der Waals surface area contributed by atoms with E-state index in [0.717, 1.165) is 21.1 Å². The third kappa shape index (κ3) is 3.55. The Balaban J connectivity index is 4.45. The summed E-state index contributed by atoms with van der Waals surface area (Å²) < 4.78 is 12.8. The average Bonchev–Trinajstić information content (AvgIpc) is 2.11. The van der Waals surface area contributed by atoms with E-state index in [1.165, 1.54) is 0 Å². The molecule has 0 aliphatic heterocycles. The molecule has 0 heterocycles. The lowest BCUT2D eigenvalue weighted by molar-refractivity contribution is -0.176. The van der Waals surface area contributed by atoms with E-state index in [9.17, 15) is 14.4 Å². The van der Waals surface area contributed by atoms with Gasteiger partial charge < -0.3 is 14.2 Å². The smallest absolute Gasteiger partial charge is 0.359 e. The van der Waals surface area contributed by atoms with Gasteiger partial charge in [-0.15, -0.1) is 0 Å². The molecule has 0 atom stereocenters. The van der Waals surface area contributed by atoms with Crippen molar-refractivity contribution in [3.05, 3.63) is 0 Å². The number of hydrogen-bond donors (Lipinski definition) is 0. The molecule has 0 bridgehead atoms. The molecule has 74 valence electrons. The lowest BCUT2D eigenvalue weighted by Crippen LogP contribution is -2.36. The topological polar surface area (TPSA) is 78.9 Å². The number of methoxy groups -OCH3 is 2. The first-order valence-corrected chi connectivity index (χ1v) is 3.35. The van der Waals surface area contributed by atoms with Gasteiger partial charge in [0.05, 0.1) is 14.2 Å². The Kier molecular flexibility index (Phi) is 4.50. The summed E-state index contributed by atoms with van der Waals surface area (Å²) in [4.78, 5) is 32.2. The predicted molar refractivity (Wildman–Crippen MR) is 39.6 cm³/mol. The fourth-order valence-corrected chi connectivity index (χ4v) is 0.572. The first-order chi connectivity index (χ1) is 6.02. The highest BCUT2D eigenvalue weighted by atomic mass is 16.6. The van der Waals surface area contributed by atoms with Crippen LogP contribution in [0, 0.1) is 0 Å². The van der Waals surface area contributed by atoms with Crippen LogP contribution in [0.3, 0.4) is 0 Å². The van der Waals surface area contributed by atoms with Crippen molar-refractivity contribution >= 4 is 17.9 Å². The van der Waals surface area contributed by atoms with Gasteiger partial charge in [-0.3, -0.25) is 4.79 Å². The number of hydrogen-bond acceptors (Lipinski definition) is 6. The van der Waals surface area contributed by atoms with Gasteiger partial charge in [-0.1, -0.05) is 0 Å². The van der Waals surface area contributed by atoms with Crippen LogP contribution in [0.15, 0.2) is 0 Å². The summed E-state index contributed by atoms with van der Waals surface area (Å²) >= 11 is 0. The molecule has 0 aromatic heterocycles. The minimum atomic E-state index is -1.63. The zero-order valence-electron chi connectivity index (χ0n) is 7.53. The van der Waals surface area contributed by atoms with E-state index >= 15 is 0 Å². The fourth-order valence-electron chi connectivity index (χ4n) is 0.572. The molecule has 0 fully saturated rings. The third-order valence-corrected chi connectivity index (χ3v) is 1.11. The van der Waals surface area contributed by atoms with E-state index in [0.29, 0.717) is 0 Å². The van der Waals surface area contributed by atoms with Gasteiger partial charge in [-0.05, 0) is 0 Å². The van der Waals surface area contributed by atoms with Crippen molar-refractivity contribution in [3.8, 4) is 0 Å². The van der Waals surface area contributed by atoms with Gasteiger partial charge in [-0.25, -0.2) is 9.59 Å². The van der Waals surface area contributed by atoms with Crippen molar-refractivity contribution in [2.45, 2.75) is 13.0 Å². The van der Waals surface area contributed by atoms with Crippen LogP contribution in [0.1, 0.15) is 6.92 Å². The molecule has 0 aliphatic rings. The maximum atomic E-state index is 10.8. The SMILES string of the molecule is COC(=O)C(OC(C)=O)C(=O)OC. The van der Waals surface area contributed by atoms with Crippen LogP contribution in [0.4, 0.5) is 0 Å². The summed E-state index contributed by atoms with van der Waals surface area (Å²) in [6.45, 7) is 1.07. The second kappa shape index (κ2) is 5.13. The standard InChI is InChI=1S/C7H10O6/c1-4(8)13-5(6(9)11-2)7(10)12-3/h5H,1-3H3. The van der Waals surface area contributed by atoms with Crippen LogP contribution in [0.5, 0.6) is 0 Å². The number of ether oxygens (including phenoxy) is 3. The number of carbonyl (C=O) groups excluding carboxylic acids is 3. The highest BCUT2D eigenvalue weighted by Crippen LogP contribution is 1.98. The Morgan fingerprint density at radius 2 is 1.38 bits per heavy atom. The van der Waals surface area contributed by atoms with Gasteiger partial charge >= 0.3 is 17.9 Å². The molecule has 6 heteroatoms. The van der Waals surface area contributed by atoms with Crippen molar-refractivity contribution in [2.75, 3.05) is 14.2 Å². The number of carbonyl (C=O) groups is 3. The number of esters is 3. The van der Waals surface area contributed by atoms with Gasteiger partial charge in [0.25, 0.3) is 6.10 Å². The van der Waals surface area contributed by atoms with E-state index in [1.807, 2.05) is 0 Å². The molecule has 0 rings (SSSR count). The van der Waals surface area contributed by atoms with E-state index in [4.69, 9.17) is 0 Å². The van der Waals surface area contributed by atoms with Crippen LogP contribution in [0.25, 0.3) is 0 Å². The minimum absolute atomic E-state index is 0.763. The summed E-state index contributed by atoms with van der Waals surface area (Å²) in [5.74, 6) is -2.70. The molecule has 0 unspecified atom stereocenters. The first-order valence-electron chi connectivity index (χ1n) is 3.35. The Morgan fingerprint density at radius 3 is 1.62 bits per heavy atom. The largest absolute Gasteiger partial charge is 0.466 e. The van der Waals surface area contributed by atoms with Crippen molar-refractivity contribution in [2.24, 2.45) is 0 Å². The monoisotopic (exact) mass is 190 g/mol. The van der Waals surface area contributed by atoms with Gasteiger partial charge in [0.1, 0.15) is 0 Å².